The van der Waals surface area contributed by atoms with E-state index in [2.05, 4.69) is 0 Å². The Balaban J connectivity index is 2.01. The molecule has 1 aromatic carbocycles. The Kier molecular flexibility index (Phi) is 2.03. The predicted molar refractivity (Wildman–Crippen MR) is 65.9 cm³/mol. The maximum atomic E-state index is 12.3. The van der Waals surface area contributed by atoms with E-state index in [0.29, 0.717) is 5.56 Å². The van der Waals surface area contributed by atoms with Crippen LogP contribution in [0.2, 0.25) is 0 Å². The van der Waals surface area contributed by atoms with Crippen LogP contribution < -0.4 is 0 Å². The van der Waals surface area contributed by atoms with Gasteiger partial charge in [0.25, 0.3) is 0 Å². The summed E-state index contributed by atoms with van der Waals surface area (Å²) in [6.45, 7) is 0. The van der Waals surface area contributed by atoms with E-state index in [1.807, 2.05) is 6.07 Å². The molecule has 3 nitrogen and oxygen atoms in total. The highest BCUT2D eigenvalue weighted by Crippen LogP contribution is 2.68. The second-order valence-corrected chi connectivity index (χ2v) is 5.53. The van der Waals surface area contributed by atoms with E-state index in [1.54, 1.807) is 36.4 Å². The minimum atomic E-state index is -1.48. The van der Waals surface area contributed by atoms with Crippen molar-refractivity contribution in [3.63, 3.8) is 0 Å². The largest absolute Gasteiger partial charge is 0.508 e. The van der Waals surface area contributed by atoms with Crippen LogP contribution in [-0.4, -0.2) is 25.7 Å². The summed E-state index contributed by atoms with van der Waals surface area (Å²) in [7, 11) is 0. The molecule has 4 heteroatoms. The molecule has 0 radical (unpaired) electrons. The number of aliphatic hydroxyl groups is 2. The van der Waals surface area contributed by atoms with Gasteiger partial charge in [0.2, 0.25) is 0 Å². The van der Waals surface area contributed by atoms with Crippen LogP contribution in [0.4, 0.5) is 0 Å². The van der Waals surface area contributed by atoms with Crippen molar-refractivity contribution in [3.8, 4) is 0 Å². The van der Waals surface area contributed by atoms with Gasteiger partial charge in [0, 0.05) is 5.56 Å². The Hall–Kier alpha value is -1.52. The zero-order chi connectivity index (χ0) is 12.1. The number of aliphatic hydroxyl groups excluding tert-OH is 1. The zero-order valence-electron chi connectivity index (χ0n) is 8.83. The average Bonchev–Trinajstić information content (AvgIpc) is 2.99. The summed E-state index contributed by atoms with van der Waals surface area (Å²) in [4.78, 5) is 10.9. The van der Waals surface area contributed by atoms with Crippen molar-refractivity contribution in [2.45, 2.75) is 9.68 Å². The van der Waals surface area contributed by atoms with Crippen molar-refractivity contribution in [3.05, 3.63) is 59.9 Å². The van der Waals surface area contributed by atoms with Crippen LogP contribution in [0.3, 0.4) is 0 Å². The van der Waals surface area contributed by atoms with Crippen LogP contribution in [-0.2, 0) is 0 Å². The SMILES string of the molecule is O=C(c1ccccc1)C12C=CC=C(O)C1(O)S2. The Labute approximate surface area is 102 Å². The summed E-state index contributed by atoms with van der Waals surface area (Å²) in [5.74, 6) is -0.337. The molecule has 1 heterocycles. The molecule has 1 aromatic rings. The minimum Gasteiger partial charge on any atom is -0.508 e. The predicted octanol–water partition coefficient (Wildman–Crippen LogP) is 2.06. The molecule has 1 saturated heterocycles. The number of hydrogen-bond donors (Lipinski definition) is 2. The fourth-order valence-corrected chi connectivity index (χ4v) is 3.27. The first-order valence-corrected chi connectivity index (χ1v) is 6.03. The summed E-state index contributed by atoms with van der Waals surface area (Å²) in [6.07, 6.45) is 4.66. The number of Topliss-reactive ketones (excluding diaryl/α,β-unsaturated/α-hetero) is 1. The molecule has 0 aromatic heterocycles. The van der Waals surface area contributed by atoms with Gasteiger partial charge in [-0.05, 0) is 6.08 Å². The van der Waals surface area contributed by atoms with Crippen molar-refractivity contribution in [2.24, 2.45) is 0 Å². The number of ketones is 1. The number of allylic oxidation sites excluding steroid dienone is 2. The molecule has 3 rings (SSSR count). The fraction of sp³-hybridized carbons (Fsp3) is 0.154. The summed E-state index contributed by atoms with van der Waals surface area (Å²) < 4.78 is -1.05. The molecule has 2 unspecified atom stereocenters. The van der Waals surface area contributed by atoms with Gasteiger partial charge >= 0.3 is 0 Å². The Morgan fingerprint density at radius 3 is 2.65 bits per heavy atom. The quantitative estimate of drug-likeness (QED) is 0.619. The molecule has 2 atom stereocenters. The molecule has 2 aliphatic rings. The van der Waals surface area contributed by atoms with Gasteiger partial charge in [-0.15, -0.1) is 0 Å². The van der Waals surface area contributed by atoms with Gasteiger partial charge in [-0.2, -0.15) is 0 Å². The van der Waals surface area contributed by atoms with Crippen molar-refractivity contribution in [1.82, 2.24) is 0 Å². The van der Waals surface area contributed by atoms with Crippen LogP contribution in [0.5, 0.6) is 0 Å². The number of carbonyl (C=O) groups is 1. The van der Waals surface area contributed by atoms with Crippen molar-refractivity contribution in [1.29, 1.82) is 0 Å². The van der Waals surface area contributed by atoms with Gasteiger partial charge in [0.1, 0.15) is 10.5 Å². The lowest BCUT2D eigenvalue weighted by molar-refractivity contribution is 0.0835. The second-order valence-electron chi connectivity index (χ2n) is 4.09. The van der Waals surface area contributed by atoms with E-state index < -0.39 is 9.68 Å². The third-order valence-corrected chi connectivity index (χ3v) is 4.64. The molecule has 0 spiro atoms. The Bertz CT molecular complexity index is 549. The van der Waals surface area contributed by atoms with Crippen LogP contribution in [0.25, 0.3) is 0 Å². The second kappa shape index (κ2) is 3.24. The van der Waals surface area contributed by atoms with Crippen LogP contribution in [0, 0.1) is 0 Å². The molecule has 2 N–H and O–H groups in total. The van der Waals surface area contributed by atoms with E-state index in [-0.39, 0.29) is 11.5 Å². The normalized spacial score (nSPS) is 33.8. The standard InChI is InChI=1S/C13H10O3S/c14-10-7-4-8-12(13(10,16)17-12)11(15)9-5-2-1-3-6-9/h1-8,14,16H. The molecule has 0 bridgehead atoms. The molecule has 0 amide bonds. The van der Waals surface area contributed by atoms with E-state index in [4.69, 9.17) is 0 Å². The van der Waals surface area contributed by atoms with Crippen molar-refractivity contribution < 1.29 is 15.0 Å². The van der Waals surface area contributed by atoms with Crippen LogP contribution >= 0.6 is 11.8 Å². The first-order chi connectivity index (χ1) is 8.10. The zero-order valence-corrected chi connectivity index (χ0v) is 9.65. The summed E-state index contributed by atoms with van der Waals surface area (Å²) in [6, 6.07) is 8.80. The highest BCUT2D eigenvalue weighted by atomic mass is 32.2. The number of thioether (sulfide) groups is 1. The number of fused-ring (bicyclic) bond motifs is 1. The van der Waals surface area contributed by atoms with E-state index in [0.717, 1.165) is 11.8 Å². The van der Waals surface area contributed by atoms with Crippen molar-refractivity contribution in [2.75, 3.05) is 0 Å². The molecular formula is C13H10O3S. The van der Waals surface area contributed by atoms with Crippen LogP contribution in [0.15, 0.2) is 54.3 Å². The number of carbonyl (C=O) groups excluding carboxylic acids is 1. The molecule has 1 aliphatic carbocycles. The first kappa shape index (κ1) is 10.6. The first-order valence-electron chi connectivity index (χ1n) is 5.21. The van der Waals surface area contributed by atoms with E-state index >= 15 is 0 Å². The van der Waals surface area contributed by atoms with Gasteiger partial charge in [-0.3, -0.25) is 4.79 Å². The number of benzene rings is 1. The highest BCUT2D eigenvalue weighted by Gasteiger charge is 2.75. The Morgan fingerprint density at radius 1 is 1.24 bits per heavy atom. The summed E-state index contributed by atoms with van der Waals surface area (Å²) in [5.41, 5.74) is 0.537. The maximum absolute atomic E-state index is 12.3. The average molecular weight is 246 g/mol. The topological polar surface area (TPSA) is 57.5 Å². The summed E-state index contributed by atoms with van der Waals surface area (Å²) in [5, 5.41) is 19.8. The lowest BCUT2D eigenvalue weighted by Gasteiger charge is -2.17. The van der Waals surface area contributed by atoms with Gasteiger partial charge in [-0.1, -0.05) is 54.2 Å². The fourth-order valence-electron chi connectivity index (χ4n) is 2.06. The third-order valence-electron chi connectivity index (χ3n) is 3.08. The van der Waals surface area contributed by atoms with Gasteiger partial charge in [0.05, 0.1) is 0 Å². The summed E-state index contributed by atoms with van der Waals surface area (Å²) >= 11 is 1.06. The van der Waals surface area contributed by atoms with Crippen molar-refractivity contribution >= 4 is 17.5 Å². The lowest BCUT2D eigenvalue weighted by Crippen LogP contribution is -2.35. The monoisotopic (exact) mass is 246 g/mol. The molecule has 1 fully saturated rings. The van der Waals surface area contributed by atoms with Crippen LogP contribution in [0.1, 0.15) is 10.4 Å². The van der Waals surface area contributed by atoms with E-state index in [1.165, 1.54) is 6.08 Å². The molecule has 1 aliphatic heterocycles. The minimum absolute atomic E-state index is 0.158. The molecular weight excluding hydrogens is 236 g/mol. The molecule has 86 valence electrons. The number of rotatable bonds is 2. The molecule has 0 saturated carbocycles. The highest BCUT2D eigenvalue weighted by molar-refractivity contribution is 8.11. The van der Waals surface area contributed by atoms with Gasteiger partial charge in [-0.25, -0.2) is 0 Å². The smallest absolute Gasteiger partial charge is 0.195 e. The third kappa shape index (κ3) is 1.25. The van der Waals surface area contributed by atoms with E-state index in [9.17, 15) is 15.0 Å². The maximum Gasteiger partial charge on any atom is 0.195 e. The van der Waals surface area contributed by atoms with Gasteiger partial charge in [0.15, 0.2) is 10.7 Å². The molecule has 17 heavy (non-hydrogen) atoms. The van der Waals surface area contributed by atoms with Gasteiger partial charge < -0.3 is 10.2 Å². The lowest BCUT2D eigenvalue weighted by atomic mass is 9.88. The number of hydrogen-bond acceptors (Lipinski definition) is 4. The Morgan fingerprint density at radius 2 is 1.94 bits per heavy atom.